The summed E-state index contributed by atoms with van der Waals surface area (Å²) in [5.41, 5.74) is 0. The predicted octanol–water partition coefficient (Wildman–Crippen LogP) is 0.243. The van der Waals surface area contributed by atoms with E-state index in [2.05, 4.69) is 0 Å². The highest BCUT2D eigenvalue weighted by atomic mass is 28.3. The van der Waals surface area contributed by atoms with Gasteiger partial charge in [-0.05, 0) is 12.2 Å². The minimum atomic E-state index is -1.92. The molecule has 4 nitrogen and oxygen atoms in total. The molecule has 0 aliphatic heterocycles. The fourth-order valence-corrected chi connectivity index (χ4v) is 0. The second-order valence-corrected chi connectivity index (χ2v) is 0.397. The van der Waals surface area contributed by atoms with Crippen molar-refractivity contribution < 1.29 is 17.8 Å². The van der Waals surface area contributed by atoms with Crippen molar-refractivity contribution in [3.05, 3.63) is 10.8 Å². The standard InChI is InChI=1S/2CNO.F2Si/c2*2-1-3;1-3-2/q2*-1;. The number of hydrogen-bond donors (Lipinski definition) is 0. The van der Waals surface area contributed by atoms with Crippen molar-refractivity contribution in [3.8, 4) is 0 Å². The van der Waals surface area contributed by atoms with Crippen LogP contribution < -0.4 is 0 Å². The normalized spacial score (nSPS) is 3.78. The summed E-state index contributed by atoms with van der Waals surface area (Å²) in [5, 5.41) is 13.5. The Morgan fingerprint density at radius 1 is 1.11 bits per heavy atom. The lowest BCUT2D eigenvalue weighted by atomic mass is 11.7. The molecule has 0 unspecified atom stereocenters. The highest BCUT2D eigenvalue weighted by Gasteiger charge is 1.60. The molecule has 0 saturated carbocycles. The van der Waals surface area contributed by atoms with Crippen LogP contribution in [-0.2, 0) is 9.59 Å². The number of nitrogens with zero attached hydrogens (tertiary/aromatic N) is 2. The molecule has 0 aromatic heterocycles. The smallest absolute Gasteiger partial charge is 0.532 e. The molecule has 0 aromatic rings. The van der Waals surface area contributed by atoms with E-state index in [4.69, 9.17) is 20.4 Å². The molecule has 0 rings (SSSR count). The van der Waals surface area contributed by atoms with Gasteiger partial charge in [-0.25, -0.2) is 0 Å². The van der Waals surface area contributed by atoms with Crippen molar-refractivity contribution in [2.24, 2.45) is 0 Å². The Morgan fingerprint density at radius 2 is 1.11 bits per heavy atom. The van der Waals surface area contributed by atoms with Crippen molar-refractivity contribution in [2.75, 3.05) is 0 Å². The number of halogens is 2. The molecule has 0 N–H and O–H groups in total. The van der Waals surface area contributed by atoms with E-state index in [1.807, 2.05) is 0 Å². The van der Waals surface area contributed by atoms with Crippen molar-refractivity contribution in [3.63, 3.8) is 0 Å². The molecule has 0 heterocycles. The number of isocyanates is 2. The summed E-state index contributed by atoms with van der Waals surface area (Å²) < 4.78 is 19.3. The lowest BCUT2D eigenvalue weighted by Crippen LogP contribution is -1.45. The van der Waals surface area contributed by atoms with Gasteiger partial charge in [0, 0.05) is 0 Å². The van der Waals surface area contributed by atoms with E-state index in [9.17, 15) is 8.22 Å². The van der Waals surface area contributed by atoms with E-state index in [1.165, 1.54) is 0 Å². The average Bonchev–Trinajstić information content (AvgIpc) is 1.70. The zero-order valence-corrected chi connectivity index (χ0v) is 4.97. The molecule has 0 bridgehead atoms. The van der Waals surface area contributed by atoms with Crippen LogP contribution in [0.4, 0.5) is 8.22 Å². The van der Waals surface area contributed by atoms with Crippen LogP contribution in [0.5, 0.6) is 0 Å². The van der Waals surface area contributed by atoms with E-state index >= 15 is 0 Å². The summed E-state index contributed by atoms with van der Waals surface area (Å²) in [4.78, 5) is 16.5. The third kappa shape index (κ3) is 118. The van der Waals surface area contributed by atoms with Crippen LogP contribution in [0.2, 0.25) is 0 Å². The second kappa shape index (κ2) is 69.0. The van der Waals surface area contributed by atoms with Gasteiger partial charge in [0.2, 0.25) is 0 Å². The lowest BCUT2D eigenvalue weighted by Gasteiger charge is -1.34. The maximum absolute atomic E-state index is 9.65. The Bertz CT molecular complexity index is 84.7. The van der Waals surface area contributed by atoms with Crippen LogP contribution in [0.3, 0.4) is 0 Å². The Labute approximate surface area is 52.1 Å². The van der Waals surface area contributed by atoms with Gasteiger partial charge < -0.3 is 10.8 Å². The molecule has 0 aliphatic carbocycles. The Morgan fingerprint density at radius 3 is 1.11 bits per heavy atom. The minimum Gasteiger partial charge on any atom is -0.724 e. The van der Waals surface area contributed by atoms with Gasteiger partial charge >= 0.3 is 10.2 Å². The van der Waals surface area contributed by atoms with Crippen LogP contribution in [0, 0.1) is 0 Å². The largest absolute Gasteiger partial charge is 0.724 e. The molecule has 50 valence electrons. The molecule has 9 heavy (non-hydrogen) atoms. The predicted molar refractivity (Wildman–Crippen MR) is 26.1 cm³/mol. The molecule has 0 aromatic carbocycles. The highest BCUT2D eigenvalue weighted by molar-refractivity contribution is 6.15. The van der Waals surface area contributed by atoms with Crippen molar-refractivity contribution >= 4 is 22.3 Å². The molecular formula is C2F2N2O2Si-2. The van der Waals surface area contributed by atoms with Gasteiger partial charge in [-0.3, -0.25) is 17.8 Å². The average molecular weight is 150 g/mol. The molecule has 0 amide bonds. The van der Waals surface area contributed by atoms with Crippen molar-refractivity contribution in [1.82, 2.24) is 0 Å². The summed E-state index contributed by atoms with van der Waals surface area (Å²) in [6, 6.07) is 0. The summed E-state index contributed by atoms with van der Waals surface area (Å²) >= 11 is 0. The van der Waals surface area contributed by atoms with Gasteiger partial charge in [-0.15, -0.1) is 0 Å². The zero-order valence-electron chi connectivity index (χ0n) is 3.97. The number of rotatable bonds is 0. The summed E-state index contributed by atoms with van der Waals surface area (Å²) in [6.45, 7) is 0. The van der Waals surface area contributed by atoms with Gasteiger partial charge in [-0.2, -0.15) is 0 Å². The third-order valence-corrected chi connectivity index (χ3v) is 0. The molecule has 0 fully saturated rings. The van der Waals surface area contributed by atoms with Crippen LogP contribution in [0.25, 0.3) is 10.8 Å². The van der Waals surface area contributed by atoms with Crippen LogP contribution in [-0.4, -0.2) is 22.3 Å². The van der Waals surface area contributed by atoms with E-state index in [0.717, 1.165) is 0 Å². The first-order valence-corrected chi connectivity index (χ1v) is 1.99. The first-order chi connectivity index (χ1) is 4.24. The molecule has 0 spiro atoms. The van der Waals surface area contributed by atoms with E-state index in [0.29, 0.717) is 12.2 Å². The maximum Gasteiger partial charge on any atom is 0.532 e. The van der Waals surface area contributed by atoms with Gasteiger partial charge in [-0.1, -0.05) is 0 Å². The quantitative estimate of drug-likeness (QED) is 0.214. The highest BCUT2D eigenvalue weighted by Crippen LogP contribution is 1.49. The monoisotopic (exact) mass is 150 g/mol. The Hall–Kier alpha value is -1.16. The van der Waals surface area contributed by atoms with E-state index < -0.39 is 10.2 Å². The summed E-state index contributed by atoms with van der Waals surface area (Å²) in [7, 11) is -1.92. The Kier molecular flexibility index (Phi) is 120. The maximum atomic E-state index is 9.65. The van der Waals surface area contributed by atoms with Gasteiger partial charge in [0.05, 0.1) is 0 Å². The minimum absolute atomic E-state index is 0.500. The fraction of sp³-hybridized carbons (Fsp3) is 0. The van der Waals surface area contributed by atoms with Gasteiger partial charge in [0.15, 0.2) is 0 Å². The first-order valence-electron chi connectivity index (χ1n) is 1.23. The second-order valence-electron chi connectivity index (χ2n) is 0.254. The first kappa shape index (κ1) is 15.7. The molecule has 0 aliphatic rings. The SMILES string of the molecule is F[Si]F.[N-]=C=O.[N-]=C=O. The zero-order chi connectivity index (χ0) is 8.12. The van der Waals surface area contributed by atoms with Gasteiger partial charge in [0.25, 0.3) is 0 Å². The van der Waals surface area contributed by atoms with Crippen LogP contribution >= 0.6 is 0 Å². The van der Waals surface area contributed by atoms with E-state index in [1.54, 1.807) is 0 Å². The third-order valence-electron chi connectivity index (χ3n) is 0. The number of hydrogen-bond acceptors (Lipinski definition) is 2. The number of carbonyl (C=O) groups excluding carboxylic acids is 2. The topological polar surface area (TPSA) is 78.7 Å². The molecular weight excluding hydrogens is 150 g/mol. The van der Waals surface area contributed by atoms with Gasteiger partial charge in [0.1, 0.15) is 0 Å². The Balaban J connectivity index is -0.0000000600. The summed E-state index contributed by atoms with van der Waals surface area (Å²) in [6.07, 6.45) is 1.00. The molecule has 0 atom stereocenters. The fourth-order valence-electron chi connectivity index (χ4n) is 0. The van der Waals surface area contributed by atoms with Crippen molar-refractivity contribution in [1.29, 1.82) is 0 Å². The van der Waals surface area contributed by atoms with E-state index in [-0.39, 0.29) is 0 Å². The lowest BCUT2D eigenvalue weighted by molar-refractivity contribution is 0.568. The summed E-state index contributed by atoms with van der Waals surface area (Å²) in [5.74, 6) is 0. The van der Waals surface area contributed by atoms with Crippen molar-refractivity contribution in [2.45, 2.75) is 0 Å². The molecule has 7 heteroatoms. The van der Waals surface area contributed by atoms with Crippen LogP contribution in [0.15, 0.2) is 0 Å². The molecule has 0 saturated heterocycles. The van der Waals surface area contributed by atoms with Crippen LogP contribution in [0.1, 0.15) is 0 Å². The molecule has 2 radical (unpaired) electrons.